The number of nitrogens with zero attached hydrogens (tertiary/aromatic N) is 1. The van der Waals surface area contributed by atoms with Crippen molar-refractivity contribution < 1.29 is 13.2 Å². The molecule has 0 aromatic heterocycles. The predicted molar refractivity (Wildman–Crippen MR) is 84.2 cm³/mol. The third-order valence-corrected chi connectivity index (χ3v) is 5.35. The number of sulfone groups is 1. The van der Waals surface area contributed by atoms with Crippen LogP contribution in [0.4, 0.5) is 11.4 Å². The number of nitrogens with one attached hydrogen (secondary N) is 1. The Hall–Kier alpha value is -1.31. The molecular formula is C13H18ClN3O3S. The van der Waals surface area contributed by atoms with Gasteiger partial charge in [0.25, 0.3) is 0 Å². The summed E-state index contributed by atoms with van der Waals surface area (Å²) in [5.74, 6) is 0.100. The lowest BCUT2D eigenvalue weighted by Gasteiger charge is -2.18. The first-order chi connectivity index (χ1) is 9.85. The van der Waals surface area contributed by atoms with Crippen LogP contribution in [0.15, 0.2) is 18.2 Å². The molecule has 1 aromatic rings. The minimum atomic E-state index is -2.96. The van der Waals surface area contributed by atoms with E-state index in [4.69, 9.17) is 17.3 Å². The SMILES string of the molecule is Nc1cc(NC(=O)CN2CCCS(=O)(=O)CC2)ccc1Cl. The number of nitrogens with two attached hydrogens (primary N) is 1. The van der Waals surface area contributed by atoms with Crippen LogP contribution in [0, 0.1) is 0 Å². The molecule has 0 unspecified atom stereocenters. The zero-order valence-corrected chi connectivity index (χ0v) is 13.1. The number of amides is 1. The van der Waals surface area contributed by atoms with Crippen LogP contribution in [0.3, 0.4) is 0 Å². The van der Waals surface area contributed by atoms with Gasteiger partial charge in [-0.05, 0) is 31.2 Å². The Labute approximate surface area is 129 Å². The summed E-state index contributed by atoms with van der Waals surface area (Å²) in [5, 5.41) is 3.17. The van der Waals surface area contributed by atoms with E-state index in [1.54, 1.807) is 18.2 Å². The highest BCUT2D eigenvalue weighted by Gasteiger charge is 2.20. The minimum Gasteiger partial charge on any atom is -0.397 e. The summed E-state index contributed by atoms with van der Waals surface area (Å²) in [6.07, 6.45) is 0.559. The molecule has 116 valence electrons. The third-order valence-electron chi connectivity index (χ3n) is 3.30. The van der Waals surface area contributed by atoms with E-state index in [0.717, 1.165) is 0 Å². The average Bonchev–Trinajstić information content (AvgIpc) is 2.55. The van der Waals surface area contributed by atoms with Crippen molar-refractivity contribution in [2.75, 3.05) is 42.2 Å². The summed E-state index contributed by atoms with van der Waals surface area (Å²) in [6, 6.07) is 4.88. The van der Waals surface area contributed by atoms with E-state index >= 15 is 0 Å². The summed E-state index contributed by atoms with van der Waals surface area (Å²) in [4.78, 5) is 13.8. The lowest BCUT2D eigenvalue weighted by Crippen LogP contribution is -2.35. The Morgan fingerprint density at radius 3 is 2.81 bits per heavy atom. The van der Waals surface area contributed by atoms with Gasteiger partial charge in [0.2, 0.25) is 5.91 Å². The Balaban J connectivity index is 1.91. The van der Waals surface area contributed by atoms with Gasteiger partial charge in [0.1, 0.15) is 0 Å². The molecule has 8 heteroatoms. The lowest BCUT2D eigenvalue weighted by molar-refractivity contribution is -0.117. The van der Waals surface area contributed by atoms with E-state index in [9.17, 15) is 13.2 Å². The van der Waals surface area contributed by atoms with Crippen molar-refractivity contribution in [1.29, 1.82) is 0 Å². The van der Waals surface area contributed by atoms with Crippen LogP contribution in [0.2, 0.25) is 5.02 Å². The molecule has 6 nitrogen and oxygen atoms in total. The summed E-state index contributed by atoms with van der Waals surface area (Å²) in [6.45, 7) is 1.16. The van der Waals surface area contributed by atoms with Crippen LogP contribution in [-0.4, -0.2) is 50.4 Å². The zero-order valence-electron chi connectivity index (χ0n) is 11.5. The molecule has 0 aliphatic carbocycles. The van der Waals surface area contributed by atoms with Crippen molar-refractivity contribution in [2.24, 2.45) is 0 Å². The first-order valence-electron chi connectivity index (χ1n) is 6.63. The molecule has 0 bridgehead atoms. The number of hydrogen-bond acceptors (Lipinski definition) is 5. The topological polar surface area (TPSA) is 92.5 Å². The number of benzene rings is 1. The fourth-order valence-corrected chi connectivity index (χ4v) is 3.60. The molecule has 0 radical (unpaired) electrons. The minimum absolute atomic E-state index is 0.105. The molecular weight excluding hydrogens is 314 g/mol. The molecule has 1 heterocycles. The Kier molecular flexibility index (Phi) is 5.08. The second-order valence-corrected chi connectivity index (χ2v) is 7.78. The molecule has 1 saturated heterocycles. The monoisotopic (exact) mass is 331 g/mol. The molecule has 21 heavy (non-hydrogen) atoms. The molecule has 1 aliphatic rings. The van der Waals surface area contributed by atoms with Gasteiger partial charge in [-0.3, -0.25) is 9.69 Å². The highest BCUT2D eigenvalue weighted by atomic mass is 35.5. The highest BCUT2D eigenvalue weighted by molar-refractivity contribution is 7.91. The Morgan fingerprint density at radius 2 is 2.10 bits per heavy atom. The second kappa shape index (κ2) is 6.64. The van der Waals surface area contributed by atoms with Gasteiger partial charge in [0.15, 0.2) is 9.84 Å². The van der Waals surface area contributed by atoms with Gasteiger partial charge in [-0.2, -0.15) is 0 Å². The van der Waals surface area contributed by atoms with Gasteiger partial charge < -0.3 is 11.1 Å². The molecule has 0 spiro atoms. The number of carbonyl (C=O) groups excluding carboxylic acids is 1. The van der Waals surface area contributed by atoms with Crippen molar-refractivity contribution in [3.63, 3.8) is 0 Å². The van der Waals surface area contributed by atoms with Crippen LogP contribution in [0.5, 0.6) is 0 Å². The number of hydrogen-bond donors (Lipinski definition) is 2. The first-order valence-corrected chi connectivity index (χ1v) is 8.83. The maximum Gasteiger partial charge on any atom is 0.238 e. The van der Waals surface area contributed by atoms with Gasteiger partial charge in [-0.1, -0.05) is 11.6 Å². The van der Waals surface area contributed by atoms with Gasteiger partial charge in [-0.25, -0.2) is 8.42 Å². The van der Waals surface area contributed by atoms with Crippen LogP contribution in [0.1, 0.15) is 6.42 Å². The predicted octanol–water partition coefficient (Wildman–Crippen LogP) is 0.981. The summed E-state index contributed by atoms with van der Waals surface area (Å²) in [7, 11) is -2.96. The van der Waals surface area contributed by atoms with Crippen LogP contribution >= 0.6 is 11.6 Å². The maximum atomic E-state index is 12.0. The average molecular weight is 332 g/mol. The summed E-state index contributed by atoms with van der Waals surface area (Å²) < 4.78 is 23.0. The van der Waals surface area contributed by atoms with Crippen molar-refractivity contribution in [1.82, 2.24) is 4.90 Å². The lowest BCUT2D eigenvalue weighted by atomic mass is 10.3. The number of nitrogen functional groups attached to an aromatic ring is 1. The molecule has 3 N–H and O–H groups in total. The molecule has 0 atom stereocenters. The number of carbonyl (C=O) groups is 1. The molecule has 1 aromatic carbocycles. The molecule has 2 rings (SSSR count). The zero-order chi connectivity index (χ0) is 15.5. The van der Waals surface area contributed by atoms with Gasteiger partial charge in [0, 0.05) is 12.2 Å². The number of rotatable bonds is 3. The van der Waals surface area contributed by atoms with E-state index in [2.05, 4.69) is 5.32 Å². The standard InChI is InChI=1S/C13H18ClN3O3S/c14-11-3-2-10(8-12(11)15)16-13(18)9-17-4-1-6-21(19,20)7-5-17/h2-3,8H,1,4-7,9,15H2,(H,16,18). The summed E-state index contributed by atoms with van der Waals surface area (Å²) >= 11 is 5.81. The van der Waals surface area contributed by atoms with Gasteiger partial charge in [0.05, 0.1) is 28.8 Å². The largest absolute Gasteiger partial charge is 0.397 e. The summed E-state index contributed by atoms with van der Waals surface area (Å²) in [5.41, 5.74) is 6.64. The van der Waals surface area contributed by atoms with E-state index in [1.807, 2.05) is 4.90 Å². The quantitative estimate of drug-likeness (QED) is 0.805. The smallest absolute Gasteiger partial charge is 0.238 e. The van der Waals surface area contributed by atoms with Crippen molar-refractivity contribution in [3.8, 4) is 0 Å². The Bertz CT molecular complexity index is 634. The second-order valence-electron chi connectivity index (χ2n) is 5.07. The van der Waals surface area contributed by atoms with E-state index < -0.39 is 9.84 Å². The van der Waals surface area contributed by atoms with E-state index in [-0.39, 0.29) is 24.0 Å². The molecule has 1 amide bonds. The van der Waals surface area contributed by atoms with Crippen LogP contribution in [0.25, 0.3) is 0 Å². The van der Waals surface area contributed by atoms with Gasteiger partial charge >= 0.3 is 0 Å². The number of halogens is 1. The van der Waals surface area contributed by atoms with Crippen LogP contribution < -0.4 is 11.1 Å². The first kappa shape index (κ1) is 16.1. The van der Waals surface area contributed by atoms with Crippen LogP contribution in [-0.2, 0) is 14.6 Å². The fourth-order valence-electron chi connectivity index (χ4n) is 2.17. The van der Waals surface area contributed by atoms with E-state index in [1.165, 1.54) is 0 Å². The maximum absolute atomic E-state index is 12.0. The number of anilines is 2. The van der Waals surface area contributed by atoms with Gasteiger partial charge in [-0.15, -0.1) is 0 Å². The van der Waals surface area contributed by atoms with Crippen molar-refractivity contribution in [2.45, 2.75) is 6.42 Å². The molecule has 0 saturated carbocycles. The molecule has 1 fully saturated rings. The fraction of sp³-hybridized carbons (Fsp3) is 0.462. The van der Waals surface area contributed by atoms with E-state index in [0.29, 0.717) is 35.9 Å². The highest BCUT2D eigenvalue weighted by Crippen LogP contribution is 2.22. The molecule has 1 aliphatic heterocycles. The van der Waals surface area contributed by atoms with Crippen molar-refractivity contribution >= 4 is 38.7 Å². The Morgan fingerprint density at radius 1 is 1.33 bits per heavy atom. The van der Waals surface area contributed by atoms with Crippen molar-refractivity contribution in [3.05, 3.63) is 23.2 Å². The normalized spacial score (nSPS) is 18.9. The third kappa shape index (κ3) is 4.87.